The average Bonchev–Trinajstić information content (AvgIpc) is 3.28. The smallest absolute Gasteiger partial charge is 0.305 e. The topological polar surface area (TPSA) is 95.9 Å². The van der Waals surface area contributed by atoms with Crippen molar-refractivity contribution >= 4 is 11.9 Å². The lowest BCUT2D eigenvalue weighted by molar-refractivity contribution is -0.143. The minimum atomic E-state index is -0.876. The number of hydrogen-bond acceptors (Lipinski definition) is 5. The largest absolute Gasteiger partial charge is 0.466 e. The van der Waals surface area contributed by atoms with E-state index in [1.165, 1.54) is 193 Å². The summed E-state index contributed by atoms with van der Waals surface area (Å²) in [6.45, 7) is 4.82. The highest BCUT2D eigenvalue weighted by molar-refractivity contribution is 5.76. The highest BCUT2D eigenvalue weighted by atomic mass is 16.5. The van der Waals surface area contributed by atoms with E-state index < -0.39 is 12.1 Å². The molecule has 6 nitrogen and oxygen atoms in total. The van der Waals surface area contributed by atoms with Crippen molar-refractivity contribution in [1.82, 2.24) is 5.32 Å². The number of carbonyl (C=O) groups excluding carboxylic acids is 2. The molecular weight excluding hydrogens is 779 g/mol. The van der Waals surface area contributed by atoms with Crippen LogP contribution in [0.5, 0.6) is 0 Å². The van der Waals surface area contributed by atoms with E-state index in [0.29, 0.717) is 19.4 Å². The summed E-state index contributed by atoms with van der Waals surface area (Å²) in [6, 6.07) is -0.666. The van der Waals surface area contributed by atoms with Gasteiger partial charge in [0, 0.05) is 12.8 Å². The molecular formula is C57H107NO5. The molecule has 0 fully saturated rings. The fraction of sp³-hybridized carbons (Fsp3) is 0.860. The number of amides is 1. The van der Waals surface area contributed by atoms with E-state index in [9.17, 15) is 19.8 Å². The van der Waals surface area contributed by atoms with Crippen molar-refractivity contribution in [2.24, 2.45) is 0 Å². The molecule has 0 aliphatic rings. The van der Waals surface area contributed by atoms with Crippen LogP contribution < -0.4 is 5.32 Å². The molecule has 0 bridgehead atoms. The van der Waals surface area contributed by atoms with E-state index in [1.807, 2.05) is 6.08 Å². The molecule has 2 atom stereocenters. The van der Waals surface area contributed by atoms with Crippen LogP contribution in [0.1, 0.15) is 290 Å². The molecule has 0 aromatic heterocycles. The molecule has 0 heterocycles. The van der Waals surface area contributed by atoms with Crippen molar-refractivity contribution in [1.29, 1.82) is 0 Å². The van der Waals surface area contributed by atoms with Crippen molar-refractivity contribution in [3.63, 3.8) is 0 Å². The van der Waals surface area contributed by atoms with Crippen LogP contribution in [0.15, 0.2) is 36.5 Å². The Morgan fingerprint density at radius 1 is 0.429 bits per heavy atom. The minimum absolute atomic E-state index is 0.0409. The van der Waals surface area contributed by atoms with Gasteiger partial charge in [-0.05, 0) is 77.0 Å². The van der Waals surface area contributed by atoms with Gasteiger partial charge >= 0.3 is 5.97 Å². The Morgan fingerprint density at radius 2 is 0.762 bits per heavy atom. The van der Waals surface area contributed by atoms with Gasteiger partial charge in [-0.1, -0.05) is 237 Å². The lowest BCUT2D eigenvalue weighted by Gasteiger charge is -2.19. The number of rotatable bonds is 51. The molecule has 0 rings (SSSR count). The third-order valence-electron chi connectivity index (χ3n) is 12.6. The Balaban J connectivity index is 3.56. The summed E-state index contributed by atoms with van der Waals surface area (Å²) in [4.78, 5) is 24.5. The van der Waals surface area contributed by atoms with E-state index in [4.69, 9.17) is 4.74 Å². The standard InChI is InChI=1S/C57H107NO5/c1-3-5-7-9-11-13-15-17-19-21-23-24-26-28-30-33-37-41-45-49-55(60)54(53-59)58-56(61)50-46-42-38-34-32-36-40-44-48-52-63-57(62)51-47-43-39-35-31-29-27-25-22-20-18-16-14-12-10-8-6-4-2/h20,22,34,38,45,49,54-55,59-60H,3-19,21,23-33,35-37,39-44,46-48,50-53H2,1-2H3,(H,58,61)/b22-20-,38-34-,49-45+. The molecule has 63 heavy (non-hydrogen) atoms. The fourth-order valence-electron chi connectivity index (χ4n) is 8.34. The van der Waals surface area contributed by atoms with Crippen molar-refractivity contribution in [3.05, 3.63) is 36.5 Å². The maximum Gasteiger partial charge on any atom is 0.305 e. The van der Waals surface area contributed by atoms with Gasteiger partial charge in [0.15, 0.2) is 0 Å². The Labute approximate surface area is 392 Å². The van der Waals surface area contributed by atoms with Crippen LogP contribution in [0.3, 0.4) is 0 Å². The van der Waals surface area contributed by atoms with E-state index in [0.717, 1.165) is 70.6 Å². The third kappa shape index (κ3) is 49.4. The molecule has 1 amide bonds. The summed E-state index contributed by atoms with van der Waals surface area (Å²) in [6.07, 6.45) is 64.5. The fourth-order valence-corrected chi connectivity index (χ4v) is 8.34. The van der Waals surface area contributed by atoms with Gasteiger partial charge < -0.3 is 20.3 Å². The Hall–Kier alpha value is -1.92. The average molecular weight is 886 g/mol. The summed E-state index contributed by atoms with van der Waals surface area (Å²) in [5.41, 5.74) is 0. The van der Waals surface area contributed by atoms with Crippen LogP contribution in [0, 0.1) is 0 Å². The number of allylic oxidation sites excluding steroid dienone is 5. The van der Waals surface area contributed by atoms with Gasteiger partial charge in [-0.3, -0.25) is 9.59 Å². The maximum absolute atomic E-state index is 12.4. The van der Waals surface area contributed by atoms with Crippen LogP contribution in [0.4, 0.5) is 0 Å². The number of ether oxygens (including phenoxy) is 1. The highest BCUT2D eigenvalue weighted by Gasteiger charge is 2.18. The monoisotopic (exact) mass is 886 g/mol. The minimum Gasteiger partial charge on any atom is -0.466 e. The summed E-state index contributed by atoms with van der Waals surface area (Å²) in [7, 11) is 0. The van der Waals surface area contributed by atoms with E-state index in [1.54, 1.807) is 6.08 Å². The Kier molecular flexibility index (Phi) is 51.1. The van der Waals surface area contributed by atoms with Crippen LogP contribution in [-0.2, 0) is 14.3 Å². The zero-order chi connectivity index (χ0) is 45.8. The van der Waals surface area contributed by atoms with E-state index in [2.05, 4.69) is 43.5 Å². The normalized spacial score (nSPS) is 12.9. The molecule has 6 heteroatoms. The van der Waals surface area contributed by atoms with Gasteiger partial charge in [0.05, 0.1) is 25.4 Å². The molecule has 0 aliphatic heterocycles. The van der Waals surface area contributed by atoms with Crippen molar-refractivity contribution in [2.75, 3.05) is 13.2 Å². The number of unbranched alkanes of at least 4 members (excludes halogenated alkanes) is 36. The molecule has 0 saturated carbocycles. The van der Waals surface area contributed by atoms with Crippen LogP contribution in [0.25, 0.3) is 0 Å². The molecule has 2 unspecified atom stereocenters. The molecule has 0 aromatic rings. The lowest BCUT2D eigenvalue weighted by atomic mass is 10.0. The predicted octanol–water partition coefficient (Wildman–Crippen LogP) is 16.9. The summed E-state index contributed by atoms with van der Waals surface area (Å²) in [5, 5.41) is 23.1. The quantitative estimate of drug-likeness (QED) is 0.0321. The van der Waals surface area contributed by atoms with Crippen molar-refractivity contribution in [3.8, 4) is 0 Å². The SMILES string of the molecule is CCCCCCCCC/C=C\CCCCCCCCCC(=O)OCCCCCC/C=C\CCCC(=O)NC(CO)C(O)/C=C/CCCCCCCCCCCCCCCCCCC. The van der Waals surface area contributed by atoms with Crippen LogP contribution in [-0.4, -0.2) is 47.4 Å². The zero-order valence-corrected chi connectivity index (χ0v) is 42.1. The number of carbonyl (C=O) groups is 2. The molecule has 0 spiro atoms. The maximum atomic E-state index is 12.4. The molecule has 0 aliphatic carbocycles. The Bertz CT molecular complexity index is 1020. The van der Waals surface area contributed by atoms with Gasteiger partial charge in [-0.25, -0.2) is 0 Å². The molecule has 3 N–H and O–H groups in total. The number of esters is 1. The second-order valence-electron chi connectivity index (χ2n) is 18.9. The first-order valence-corrected chi connectivity index (χ1v) is 27.8. The van der Waals surface area contributed by atoms with Crippen LogP contribution >= 0.6 is 0 Å². The highest BCUT2D eigenvalue weighted by Crippen LogP contribution is 2.16. The molecule has 0 aromatic carbocycles. The van der Waals surface area contributed by atoms with Gasteiger partial charge in [0.2, 0.25) is 5.91 Å². The zero-order valence-electron chi connectivity index (χ0n) is 42.1. The third-order valence-corrected chi connectivity index (χ3v) is 12.6. The first-order valence-electron chi connectivity index (χ1n) is 27.8. The van der Waals surface area contributed by atoms with E-state index in [-0.39, 0.29) is 18.5 Å². The van der Waals surface area contributed by atoms with Gasteiger partial charge in [0.1, 0.15) is 0 Å². The second-order valence-corrected chi connectivity index (χ2v) is 18.9. The Morgan fingerprint density at radius 3 is 1.16 bits per heavy atom. The summed E-state index contributed by atoms with van der Waals surface area (Å²) < 4.78 is 5.45. The van der Waals surface area contributed by atoms with Crippen LogP contribution in [0.2, 0.25) is 0 Å². The second kappa shape index (κ2) is 52.7. The summed E-state index contributed by atoms with van der Waals surface area (Å²) >= 11 is 0. The van der Waals surface area contributed by atoms with Gasteiger partial charge in [-0.15, -0.1) is 0 Å². The van der Waals surface area contributed by atoms with Gasteiger partial charge in [-0.2, -0.15) is 0 Å². The first-order chi connectivity index (χ1) is 31.0. The van der Waals surface area contributed by atoms with Gasteiger partial charge in [0.25, 0.3) is 0 Å². The lowest BCUT2D eigenvalue weighted by Crippen LogP contribution is -2.45. The number of aliphatic hydroxyl groups excluding tert-OH is 2. The summed E-state index contributed by atoms with van der Waals surface area (Å²) in [5.74, 6) is -0.168. The van der Waals surface area contributed by atoms with Crippen molar-refractivity contribution < 1.29 is 24.5 Å². The number of aliphatic hydroxyl groups is 2. The molecule has 0 radical (unpaired) electrons. The predicted molar refractivity (Wildman–Crippen MR) is 273 cm³/mol. The first kappa shape index (κ1) is 61.1. The molecule has 0 saturated heterocycles. The van der Waals surface area contributed by atoms with Crippen molar-refractivity contribution in [2.45, 2.75) is 302 Å². The molecule has 370 valence electrons. The van der Waals surface area contributed by atoms with E-state index >= 15 is 0 Å². The number of nitrogens with one attached hydrogen (secondary N) is 1. The number of hydrogen-bond donors (Lipinski definition) is 3.